The van der Waals surface area contributed by atoms with Crippen molar-refractivity contribution in [2.24, 2.45) is 0 Å². The van der Waals surface area contributed by atoms with E-state index in [2.05, 4.69) is 123 Å². The fourth-order valence-corrected chi connectivity index (χ4v) is 11.1. The van der Waals surface area contributed by atoms with Crippen LogP contribution in [0.3, 0.4) is 0 Å². The Bertz CT molecular complexity index is 4240. The van der Waals surface area contributed by atoms with Gasteiger partial charge in [-0.15, -0.1) is 0 Å². The highest BCUT2D eigenvalue weighted by molar-refractivity contribution is 7.19. The molecule has 0 spiro atoms. The summed E-state index contributed by atoms with van der Waals surface area (Å²) in [5.41, 5.74) is 2.73. The number of nitrogens with one attached hydrogen (secondary N) is 10. The second-order valence-electron chi connectivity index (χ2n) is 23.4. The number of aromatic nitrogens is 9. The van der Waals surface area contributed by atoms with Crippen LogP contribution in [0.25, 0.3) is 31.3 Å². The first-order valence-corrected chi connectivity index (χ1v) is 35.3. The third kappa shape index (κ3) is 28.2. The molecule has 0 aliphatic heterocycles. The molecule has 28 nitrogen and oxygen atoms in total. The van der Waals surface area contributed by atoms with Crippen molar-refractivity contribution >= 4 is 131 Å². The van der Waals surface area contributed by atoms with Gasteiger partial charge in [0, 0.05) is 90.2 Å². The highest BCUT2D eigenvalue weighted by Crippen LogP contribution is 2.33. The highest BCUT2D eigenvalue weighted by atomic mass is 35.5. The molecule has 32 heteroatoms. The number of ether oxygens (including phenoxy) is 1. The first kappa shape index (κ1) is 81.1. The van der Waals surface area contributed by atoms with E-state index in [1.54, 1.807) is 90.6 Å². The van der Waals surface area contributed by atoms with E-state index in [1.807, 2.05) is 131 Å². The molecule has 103 heavy (non-hydrogen) atoms. The summed E-state index contributed by atoms with van der Waals surface area (Å²) in [7, 11) is 4.86. The molecule has 0 fully saturated rings. The summed E-state index contributed by atoms with van der Waals surface area (Å²) in [4.78, 5) is 115. The van der Waals surface area contributed by atoms with E-state index in [0.717, 1.165) is 52.8 Å². The molecule has 6 aromatic heterocycles. The quantitative estimate of drug-likeness (QED) is 0.0118. The lowest BCUT2D eigenvalue weighted by molar-refractivity contribution is -0.134. The molecule has 9 aromatic rings. The first-order valence-electron chi connectivity index (χ1n) is 32.5. The Kier molecular flexibility index (Phi) is 32.4. The molecule has 0 saturated carbocycles. The SMILES string of the molecule is C=CC(=O)Cl.C=CC(=O)N(C)[C@@H](C)C(=O)NCCNc1cc(Nc2ncc(-c3ccccc3)s2)nc(C)n1.CN[C@@H](C)C(=O)NCCNc1cc(Nc2ncc(-c3ccccc3)s2)nc(C)n1.Cc1nc(NCCNC(=O)[C@H](C)N(C)C(=O)OC(C)(C)C)cc(Nc2ncc(-c3ccccc3)s2)n1. The van der Waals surface area contributed by atoms with Crippen molar-refractivity contribution in [3.8, 4) is 31.3 Å². The van der Waals surface area contributed by atoms with E-state index in [0.29, 0.717) is 91.6 Å². The molecule has 9 rings (SSSR count). The average Bonchev–Trinajstić information content (AvgIpc) is 1.76. The third-order valence-corrected chi connectivity index (χ3v) is 17.3. The molecule has 0 bridgehead atoms. The van der Waals surface area contributed by atoms with Crippen LogP contribution in [0.5, 0.6) is 0 Å². The van der Waals surface area contributed by atoms with E-state index >= 15 is 0 Å². The molecule has 5 amide bonds. The number of hydrogen-bond acceptors (Lipinski definition) is 26. The van der Waals surface area contributed by atoms with Gasteiger partial charge in [0.05, 0.1) is 20.7 Å². The smallest absolute Gasteiger partial charge is 0.410 e. The molecule has 10 N–H and O–H groups in total. The first-order chi connectivity index (χ1) is 49.2. The third-order valence-electron chi connectivity index (χ3n) is 14.2. The van der Waals surface area contributed by atoms with Crippen LogP contribution in [0, 0.1) is 20.8 Å². The normalized spacial score (nSPS) is 11.4. The Morgan fingerprint density at radius 3 is 1.11 bits per heavy atom. The summed E-state index contributed by atoms with van der Waals surface area (Å²) < 4.78 is 5.31. The molecular formula is C71H88ClN21O7S3. The van der Waals surface area contributed by atoms with Gasteiger partial charge in [0.1, 0.15) is 70.1 Å². The molecule has 3 atom stereocenters. The number of aryl methyl sites for hydroxylation is 3. The summed E-state index contributed by atoms with van der Waals surface area (Å²) in [5.74, 6) is 4.85. The predicted molar refractivity (Wildman–Crippen MR) is 413 cm³/mol. The van der Waals surface area contributed by atoms with Crippen LogP contribution in [0.2, 0.25) is 0 Å². The zero-order chi connectivity index (χ0) is 75.0. The summed E-state index contributed by atoms with van der Waals surface area (Å²) in [5, 5.41) is 32.4. The lowest BCUT2D eigenvalue weighted by Gasteiger charge is -2.28. The van der Waals surface area contributed by atoms with Crippen molar-refractivity contribution in [1.29, 1.82) is 0 Å². The number of nitrogens with zero attached hydrogens (tertiary/aromatic N) is 11. The maximum atomic E-state index is 12.5. The van der Waals surface area contributed by atoms with Crippen LogP contribution in [-0.2, 0) is 28.7 Å². The minimum absolute atomic E-state index is 0.0338. The van der Waals surface area contributed by atoms with E-state index in [1.165, 1.54) is 27.2 Å². The summed E-state index contributed by atoms with van der Waals surface area (Å²) in [6, 6.07) is 34.2. The van der Waals surface area contributed by atoms with Gasteiger partial charge in [-0.1, -0.05) is 138 Å². The largest absolute Gasteiger partial charge is 0.444 e. The molecule has 6 heterocycles. The summed E-state index contributed by atoms with van der Waals surface area (Å²) in [6.45, 7) is 25.1. The number of benzene rings is 3. The number of halogens is 1. The van der Waals surface area contributed by atoms with Crippen LogP contribution in [0.15, 0.2) is 153 Å². The zero-order valence-corrected chi connectivity index (χ0v) is 62.8. The maximum Gasteiger partial charge on any atom is 0.410 e. The average molecular weight is 1480 g/mol. The number of carbonyl (C=O) groups is 6. The number of likely N-dealkylation sites (N-methyl/N-ethyl adjacent to an activating group) is 3. The topological polar surface area (TPSA) is 354 Å². The monoisotopic (exact) mass is 1480 g/mol. The number of allylic oxidation sites excluding steroid dienone is 1. The van der Waals surface area contributed by atoms with Crippen molar-refractivity contribution in [1.82, 2.24) is 75.9 Å². The number of rotatable bonds is 29. The van der Waals surface area contributed by atoms with Gasteiger partial charge in [-0.3, -0.25) is 28.9 Å². The number of anilines is 9. The van der Waals surface area contributed by atoms with Gasteiger partial charge in [0.2, 0.25) is 28.9 Å². The van der Waals surface area contributed by atoms with Crippen molar-refractivity contribution in [3.63, 3.8) is 0 Å². The molecule has 0 unspecified atom stereocenters. The van der Waals surface area contributed by atoms with Gasteiger partial charge >= 0.3 is 6.09 Å². The Morgan fingerprint density at radius 2 is 0.806 bits per heavy atom. The highest BCUT2D eigenvalue weighted by Gasteiger charge is 2.27. The lowest BCUT2D eigenvalue weighted by Crippen LogP contribution is -2.48. The zero-order valence-electron chi connectivity index (χ0n) is 59.5. The van der Waals surface area contributed by atoms with Gasteiger partial charge < -0.3 is 62.8 Å². The predicted octanol–water partition coefficient (Wildman–Crippen LogP) is 11.4. The number of thiazole rings is 3. The van der Waals surface area contributed by atoms with E-state index in [4.69, 9.17) is 16.3 Å². The minimum atomic E-state index is -0.670. The lowest BCUT2D eigenvalue weighted by atomic mass is 10.2. The van der Waals surface area contributed by atoms with Crippen LogP contribution in [0.4, 0.5) is 55.1 Å². The molecular weight excluding hydrogens is 1390 g/mol. The molecule has 0 aliphatic rings. The molecule has 0 saturated heterocycles. The standard InChI is InChI=1S/C25H33N7O3S.C23H27N7O2S.C20H25N7OS.C3H3ClO/c1-16(32(6)24(34)35-25(3,4)5)22(33)27-13-12-26-20-14-21(30-17(2)29-20)31-23-28-15-19(36-23)18-10-8-7-9-11-18;1-5-21(31)30(4)15(2)22(32)25-12-11-24-19-13-20(28-16(3)27-19)29-23-26-14-18(33-23)17-9-7-6-8-10-17;1-13(21-3)19(28)23-10-9-22-17-11-18(26-14(2)25-17)27-20-24-12-16(29-20)15-7-5-4-6-8-15;1-2-3(4)5/h7-11,14-16H,12-13H2,1-6H3,(H,27,33)(H2,26,28,29,30,31);5-10,13-15H,1,11-12H2,2-4H3,(H,25,32)(H2,24,26,27,28,29);4-8,11-13,21H,9-10H2,1-3H3,(H,23,28)(H2,22,24,25,26,27);2H,1H2/t16-;15-;13-;/m000./s1. The maximum absolute atomic E-state index is 12.5. The second-order valence-corrected chi connectivity index (χ2v) is 26.9. The van der Waals surface area contributed by atoms with Crippen molar-refractivity contribution in [3.05, 3.63) is 171 Å². The van der Waals surface area contributed by atoms with Gasteiger partial charge in [-0.25, -0.2) is 49.7 Å². The molecule has 544 valence electrons. The van der Waals surface area contributed by atoms with Crippen LogP contribution >= 0.6 is 45.6 Å². The Labute approximate surface area is 617 Å². The molecule has 0 aliphatic carbocycles. The number of hydrogen-bond donors (Lipinski definition) is 10. The summed E-state index contributed by atoms with van der Waals surface area (Å²) in [6.07, 6.45) is 7.20. The number of carbonyl (C=O) groups excluding carboxylic acids is 6. The van der Waals surface area contributed by atoms with Gasteiger partial charge in [0.25, 0.3) is 0 Å². The van der Waals surface area contributed by atoms with E-state index in [9.17, 15) is 28.8 Å². The van der Waals surface area contributed by atoms with Gasteiger partial charge in [0.15, 0.2) is 15.4 Å². The summed E-state index contributed by atoms with van der Waals surface area (Å²) >= 11 is 9.35. The fraction of sp³-hybridized carbons (Fsp3) is 0.310. The van der Waals surface area contributed by atoms with Crippen LogP contribution in [0.1, 0.15) is 59.0 Å². The fourth-order valence-electron chi connectivity index (χ4n) is 8.59. The van der Waals surface area contributed by atoms with Crippen LogP contribution < -0.4 is 53.2 Å². The Balaban J connectivity index is 0.000000236. The van der Waals surface area contributed by atoms with Gasteiger partial charge in [-0.2, -0.15) is 0 Å². The minimum Gasteiger partial charge on any atom is -0.444 e. The number of amides is 5. The van der Waals surface area contributed by atoms with Crippen molar-refractivity contribution in [2.45, 2.75) is 86.0 Å². The molecule has 0 radical (unpaired) electrons. The second kappa shape index (κ2) is 41.2. The Morgan fingerprint density at radius 1 is 0.495 bits per heavy atom. The van der Waals surface area contributed by atoms with Crippen molar-refractivity contribution < 1.29 is 33.5 Å². The Hall–Kier alpha value is -10.9. The molecule has 3 aromatic carbocycles. The van der Waals surface area contributed by atoms with E-state index < -0.39 is 29.0 Å². The van der Waals surface area contributed by atoms with Crippen molar-refractivity contribution in [2.75, 3.05) is 92.3 Å². The van der Waals surface area contributed by atoms with Crippen LogP contribution in [-0.4, -0.2) is 174 Å². The van der Waals surface area contributed by atoms with E-state index in [-0.39, 0.29) is 29.7 Å². The van der Waals surface area contributed by atoms with Gasteiger partial charge in [-0.05, 0) is 110 Å².